The normalized spacial score (nSPS) is 14.7. The number of pyridine rings is 1. The van der Waals surface area contributed by atoms with E-state index in [2.05, 4.69) is 15.4 Å². The van der Waals surface area contributed by atoms with Gasteiger partial charge in [0.1, 0.15) is 0 Å². The van der Waals surface area contributed by atoms with Gasteiger partial charge in [-0.2, -0.15) is 9.40 Å². The van der Waals surface area contributed by atoms with Crippen LogP contribution < -0.4 is 5.32 Å². The zero-order chi connectivity index (χ0) is 21.1. The molecule has 1 N–H and O–H groups in total. The molecule has 10 heteroatoms. The number of benzene rings is 1. The highest BCUT2D eigenvalue weighted by molar-refractivity contribution is 7.89. The molecule has 0 spiro atoms. The third-order valence-corrected chi connectivity index (χ3v) is 7.04. The van der Waals surface area contributed by atoms with Crippen molar-refractivity contribution in [3.05, 3.63) is 71.1 Å². The van der Waals surface area contributed by atoms with Gasteiger partial charge >= 0.3 is 0 Å². The van der Waals surface area contributed by atoms with Gasteiger partial charge in [-0.1, -0.05) is 17.7 Å². The van der Waals surface area contributed by atoms with E-state index in [1.54, 1.807) is 23.1 Å². The molecular weight excluding hydrogens is 426 g/mol. The summed E-state index contributed by atoms with van der Waals surface area (Å²) in [6.45, 7) is 1.43. The summed E-state index contributed by atoms with van der Waals surface area (Å²) in [5.41, 5.74) is 0.914. The maximum absolute atomic E-state index is 12.8. The van der Waals surface area contributed by atoms with Gasteiger partial charge in [-0.05, 0) is 43.2 Å². The number of carbonyl (C=O) groups is 1. The van der Waals surface area contributed by atoms with Crippen LogP contribution in [0.3, 0.4) is 0 Å². The molecule has 30 heavy (non-hydrogen) atoms. The first-order chi connectivity index (χ1) is 14.4. The Hall–Kier alpha value is -2.75. The summed E-state index contributed by atoms with van der Waals surface area (Å²) in [6, 6.07) is 11.4. The summed E-state index contributed by atoms with van der Waals surface area (Å²) in [5, 5.41) is 7.15. The third-order valence-electron chi connectivity index (χ3n) is 4.82. The summed E-state index contributed by atoms with van der Waals surface area (Å²) in [7, 11) is -3.65. The Morgan fingerprint density at radius 1 is 1.13 bits per heavy atom. The number of carbonyl (C=O) groups excluding carboxylic acids is 1. The van der Waals surface area contributed by atoms with Crippen molar-refractivity contribution < 1.29 is 13.2 Å². The quantitative estimate of drug-likeness (QED) is 0.629. The molecule has 1 aliphatic rings. The van der Waals surface area contributed by atoms with Crippen LogP contribution in [0.5, 0.6) is 0 Å². The number of hydrogen-bond acceptors (Lipinski definition) is 5. The monoisotopic (exact) mass is 445 g/mol. The molecule has 1 amide bonds. The van der Waals surface area contributed by atoms with Crippen molar-refractivity contribution in [1.29, 1.82) is 0 Å². The minimum atomic E-state index is -3.65. The lowest BCUT2D eigenvalue weighted by atomic mass is 10.2. The Morgan fingerprint density at radius 3 is 2.67 bits per heavy atom. The molecule has 0 radical (unpaired) electrons. The van der Waals surface area contributed by atoms with Gasteiger partial charge < -0.3 is 5.32 Å². The van der Waals surface area contributed by atoms with Crippen LogP contribution in [-0.4, -0.2) is 46.5 Å². The van der Waals surface area contributed by atoms with Crippen LogP contribution in [0.15, 0.2) is 59.8 Å². The van der Waals surface area contributed by atoms with Gasteiger partial charge in [0.2, 0.25) is 10.0 Å². The average molecular weight is 446 g/mol. The molecule has 0 aliphatic carbocycles. The minimum Gasteiger partial charge on any atom is -0.305 e. The molecule has 3 heterocycles. The first kappa shape index (κ1) is 20.5. The predicted octanol–water partition coefficient (Wildman–Crippen LogP) is 3.02. The van der Waals surface area contributed by atoms with E-state index >= 15 is 0 Å². The molecule has 0 unspecified atom stereocenters. The van der Waals surface area contributed by atoms with Crippen molar-refractivity contribution in [3.63, 3.8) is 0 Å². The van der Waals surface area contributed by atoms with E-state index in [0.717, 1.165) is 18.5 Å². The number of rotatable bonds is 6. The van der Waals surface area contributed by atoms with Crippen molar-refractivity contribution in [2.75, 3.05) is 18.4 Å². The molecule has 3 aromatic rings. The first-order valence-corrected chi connectivity index (χ1v) is 11.3. The van der Waals surface area contributed by atoms with Crippen LogP contribution in [-0.2, 0) is 16.6 Å². The van der Waals surface area contributed by atoms with E-state index < -0.39 is 15.9 Å². The van der Waals surface area contributed by atoms with Gasteiger partial charge in [0.05, 0.1) is 27.7 Å². The van der Waals surface area contributed by atoms with E-state index in [4.69, 9.17) is 11.6 Å². The van der Waals surface area contributed by atoms with Gasteiger partial charge in [0, 0.05) is 31.5 Å². The number of amides is 1. The molecule has 1 aliphatic heterocycles. The van der Waals surface area contributed by atoms with Crippen LogP contribution in [0, 0.1) is 0 Å². The summed E-state index contributed by atoms with van der Waals surface area (Å²) in [5.74, 6) is -0.193. The van der Waals surface area contributed by atoms with Crippen molar-refractivity contribution in [1.82, 2.24) is 19.1 Å². The molecule has 156 valence electrons. The van der Waals surface area contributed by atoms with Gasteiger partial charge in [0.15, 0.2) is 5.82 Å². The van der Waals surface area contributed by atoms with Crippen molar-refractivity contribution >= 4 is 33.3 Å². The molecule has 1 aromatic carbocycles. The number of nitrogens with zero attached hydrogens (tertiary/aromatic N) is 4. The zero-order valence-electron chi connectivity index (χ0n) is 16.0. The Labute approximate surface area is 179 Å². The lowest BCUT2D eigenvalue weighted by Crippen LogP contribution is -2.28. The van der Waals surface area contributed by atoms with E-state index in [0.29, 0.717) is 25.5 Å². The number of nitrogens with one attached hydrogen (secondary N) is 1. The van der Waals surface area contributed by atoms with Crippen LogP contribution in [0.1, 0.15) is 28.9 Å². The van der Waals surface area contributed by atoms with Crippen LogP contribution >= 0.6 is 11.6 Å². The SMILES string of the molecule is O=C(Nc1ccn(Cc2ccccn2)n1)c1cc(S(=O)(=O)N2CCCC2)ccc1Cl. The highest BCUT2D eigenvalue weighted by Crippen LogP contribution is 2.26. The fourth-order valence-electron chi connectivity index (χ4n) is 3.27. The van der Waals surface area contributed by atoms with Crippen LogP contribution in [0.25, 0.3) is 0 Å². The second kappa shape index (κ2) is 8.55. The van der Waals surface area contributed by atoms with E-state index in [1.807, 2.05) is 18.2 Å². The Morgan fingerprint density at radius 2 is 1.93 bits per heavy atom. The largest absolute Gasteiger partial charge is 0.305 e. The predicted molar refractivity (Wildman–Crippen MR) is 113 cm³/mol. The molecule has 0 saturated carbocycles. The lowest BCUT2D eigenvalue weighted by molar-refractivity contribution is 0.102. The highest BCUT2D eigenvalue weighted by Gasteiger charge is 2.28. The second-order valence-corrected chi connectivity index (χ2v) is 9.27. The van der Waals surface area contributed by atoms with E-state index in [1.165, 1.54) is 22.5 Å². The summed E-state index contributed by atoms with van der Waals surface area (Å²) < 4.78 is 28.6. The average Bonchev–Trinajstić information content (AvgIpc) is 3.42. The molecule has 1 saturated heterocycles. The maximum atomic E-state index is 12.8. The molecule has 1 fully saturated rings. The molecular formula is C20H20ClN5O3S. The number of hydrogen-bond donors (Lipinski definition) is 1. The molecule has 0 atom stereocenters. The maximum Gasteiger partial charge on any atom is 0.258 e. The number of halogens is 1. The fourth-order valence-corrected chi connectivity index (χ4v) is 5.02. The van der Waals surface area contributed by atoms with E-state index in [-0.39, 0.29) is 15.5 Å². The molecule has 8 nitrogen and oxygen atoms in total. The van der Waals surface area contributed by atoms with Crippen molar-refractivity contribution in [2.45, 2.75) is 24.3 Å². The summed E-state index contributed by atoms with van der Waals surface area (Å²) in [6.07, 6.45) is 5.09. The molecule has 0 bridgehead atoms. The second-order valence-electron chi connectivity index (χ2n) is 6.93. The number of anilines is 1. The van der Waals surface area contributed by atoms with E-state index in [9.17, 15) is 13.2 Å². The number of sulfonamides is 1. The first-order valence-electron chi connectivity index (χ1n) is 9.48. The Kier molecular flexibility index (Phi) is 5.85. The molecule has 2 aromatic heterocycles. The van der Waals surface area contributed by atoms with Gasteiger partial charge in [-0.15, -0.1) is 0 Å². The van der Waals surface area contributed by atoms with Gasteiger partial charge in [0.25, 0.3) is 5.91 Å². The highest BCUT2D eigenvalue weighted by atomic mass is 35.5. The Bertz CT molecular complexity index is 1160. The summed E-state index contributed by atoms with van der Waals surface area (Å²) >= 11 is 6.18. The van der Waals surface area contributed by atoms with Crippen molar-refractivity contribution in [3.8, 4) is 0 Å². The zero-order valence-corrected chi connectivity index (χ0v) is 17.6. The van der Waals surface area contributed by atoms with Crippen LogP contribution in [0.4, 0.5) is 5.82 Å². The van der Waals surface area contributed by atoms with Crippen LogP contribution in [0.2, 0.25) is 5.02 Å². The topological polar surface area (TPSA) is 97.2 Å². The smallest absolute Gasteiger partial charge is 0.258 e. The minimum absolute atomic E-state index is 0.0552. The fraction of sp³-hybridized carbons (Fsp3) is 0.250. The molecule has 4 rings (SSSR count). The third kappa shape index (κ3) is 4.38. The standard InChI is InChI=1S/C20H20ClN5O3S/c21-18-7-6-16(30(28,29)26-10-3-4-11-26)13-17(18)20(27)23-19-8-12-25(24-19)14-15-5-1-2-9-22-15/h1-2,5-9,12-13H,3-4,10-11,14H2,(H,23,24,27). The summed E-state index contributed by atoms with van der Waals surface area (Å²) in [4.78, 5) is 17.0. The Balaban J connectivity index is 1.51. The number of aromatic nitrogens is 3. The van der Waals surface area contributed by atoms with Gasteiger partial charge in [-0.25, -0.2) is 8.42 Å². The van der Waals surface area contributed by atoms with Crippen molar-refractivity contribution in [2.24, 2.45) is 0 Å². The lowest BCUT2D eigenvalue weighted by Gasteiger charge is -2.16. The van der Waals surface area contributed by atoms with Gasteiger partial charge in [-0.3, -0.25) is 14.5 Å².